The number of fused-ring (bicyclic) bond motifs is 1. The number of carbonyl (C=O) groups excluding carboxylic acids is 2. The zero-order valence-corrected chi connectivity index (χ0v) is 20.3. The molecular formula is C27H32N2O6. The van der Waals surface area contributed by atoms with Crippen LogP contribution >= 0.6 is 0 Å². The lowest BCUT2D eigenvalue weighted by atomic mass is 9.93. The summed E-state index contributed by atoms with van der Waals surface area (Å²) in [6, 6.07) is 15.3. The van der Waals surface area contributed by atoms with Crippen LogP contribution in [0.4, 0.5) is 4.79 Å². The summed E-state index contributed by atoms with van der Waals surface area (Å²) in [6.07, 6.45) is -0.484. The second kappa shape index (κ2) is 10.1. The minimum absolute atomic E-state index is 0.181. The lowest BCUT2D eigenvalue weighted by Crippen LogP contribution is -2.55. The molecule has 0 aromatic heterocycles. The minimum Gasteiger partial charge on any atom is -0.480 e. The normalized spacial score (nSPS) is 22.0. The molecule has 2 aromatic carbocycles. The van der Waals surface area contributed by atoms with Gasteiger partial charge < -0.3 is 19.5 Å². The van der Waals surface area contributed by atoms with E-state index in [2.05, 4.69) is 0 Å². The van der Waals surface area contributed by atoms with Crippen molar-refractivity contribution in [1.29, 1.82) is 0 Å². The second-order valence-electron chi connectivity index (χ2n) is 10.1. The van der Waals surface area contributed by atoms with Crippen molar-refractivity contribution in [3.05, 3.63) is 71.3 Å². The molecule has 2 aliphatic heterocycles. The van der Waals surface area contributed by atoms with E-state index in [-0.39, 0.29) is 32.0 Å². The van der Waals surface area contributed by atoms with E-state index in [4.69, 9.17) is 9.47 Å². The average molecular weight is 481 g/mol. The molecule has 0 saturated carbocycles. The first-order chi connectivity index (χ1) is 16.6. The van der Waals surface area contributed by atoms with Crippen LogP contribution in [0.3, 0.4) is 0 Å². The molecule has 2 aliphatic rings. The Hall–Kier alpha value is -3.39. The van der Waals surface area contributed by atoms with Crippen LogP contribution in [0.5, 0.6) is 0 Å². The lowest BCUT2D eigenvalue weighted by molar-refractivity contribution is -0.153. The van der Waals surface area contributed by atoms with Gasteiger partial charge in [-0.2, -0.15) is 0 Å². The summed E-state index contributed by atoms with van der Waals surface area (Å²) in [6.45, 7) is 6.03. The molecule has 8 heteroatoms. The third kappa shape index (κ3) is 5.82. The fraction of sp³-hybridized carbons (Fsp3) is 0.444. The summed E-state index contributed by atoms with van der Waals surface area (Å²) in [5, 5.41) is 9.89. The van der Waals surface area contributed by atoms with Crippen LogP contribution in [0.2, 0.25) is 0 Å². The number of ether oxygens (including phenoxy) is 2. The molecular weight excluding hydrogens is 448 g/mol. The molecule has 2 amide bonds. The SMILES string of the molecule is CC(C)(C)OC(=O)N1C[C@H](OCc2ccccc2)C[C@@H]1C(=O)N1Cc2ccccc2C[C@@H]1C(=O)O. The Labute approximate surface area is 205 Å². The van der Waals surface area contributed by atoms with Gasteiger partial charge in [-0.15, -0.1) is 0 Å². The van der Waals surface area contributed by atoms with Gasteiger partial charge in [-0.05, 0) is 37.5 Å². The maximum atomic E-state index is 13.8. The third-order valence-electron chi connectivity index (χ3n) is 6.32. The molecule has 0 radical (unpaired) electrons. The zero-order chi connectivity index (χ0) is 25.2. The molecule has 0 spiro atoms. The van der Waals surface area contributed by atoms with Gasteiger partial charge in [-0.3, -0.25) is 9.69 Å². The lowest BCUT2D eigenvalue weighted by Gasteiger charge is -2.37. The first-order valence-corrected chi connectivity index (χ1v) is 11.9. The van der Waals surface area contributed by atoms with Gasteiger partial charge in [0.1, 0.15) is 17.7 Å². The molecule has 2 heterocycles. The highest BCUT2D eigenvalue weighted by Crippen LogP contribution is 2.30. The summed E-state index contributed by atoms with van der Waals surface area (Å²) in [5.74, 6) is -1.46. The molecule has 8 nitrogen and oxygen atoms in total. The summed E-state index contributed by atoms with van der Waals surface area (Å²) in [5.41, 5.74) is 2.09. The molecule has 3 atom stereocenters. The Morgan fingerprint density at radius 3 is 2.26 bits per heavy atom. The molecule has 0 bridgehead atoms. The van der Waals surface area contributed by atoms with Crippen LogP contribution in [0.1, 0.15) is 43.9 Å². The van der Waals surface area contributed by atoms with E-state index in [0.29, 0.717) is 6.61 Å². The number of benzene rings is 2. The predicted molar refractivity (Wildman–Crippen MR) is 128 cm³/mol. The number of amides is 2. The topological polar surface area (TPSA) is 96.4 Å². The molecule has 4 rings (SSSR count). The maximum Gasteiger partial charge on any atom is 0.411 e. The van der Waals surface area contributed by atoms with Crippen molar-refractivity contribution in [3.8, 4) is 0 Å². The van der Waals surface area contributed by atoms with Gasteiger partial charge in [0.05, 0.1) is 19.3 Å². The molecule has 1 N–H and O–H groups in total. The fourth-order valence-corrected chi connectivity index (χ4v) is 4.63. The maximum absolute atomic E-state index is 13.8. The largest absolute Gasteiger partial charge is 0.480 e. The highest BCUT2D eigenvalue weighted by molar-refractivity contribution is 5.90. The Morgan fingerprint density at radius 2 is 1.60 bits per heavy atom. The highest BCUT2D eigenvalue weighted by Gasteiger charge is 2.46. The summed E-state index contributed by atoms with van der Waals surface area (Å²) in [4.78, 5) is 41.7. The molecule has 1 fully saturated rings. The van der Waals surface area contributed by atoms with E-state index in [1.807, 2.05) is 54.6 Å². The van der Waals surface area contributed by atoms with Gasteiger partial charge >= 0.3 is 12.1 Å². The number of rotatable bonds is 5. The van der Waals surface area contributed by atoms with E-state index >= 15 is 0 Å². The number of aliphatic carboxylic acids is 1. The van der Waals surface area contributed by atoms with Crippen molar-refractivity contribution < 1.29 is 29.0 Å². The van der Waals surface area contributed by atoms with Gasteiger partial charge in [0.2, 0.25) is 5.91 Å². The summed E-state index contributed by atoms with van der Waals surface area (Å²) < 4.78 is 11.6. The monoisotopic (exact) mass is 480 g/mol. The fourth-order valence-electron chi connectivity index (χ4n) is 4.63. The molecule has 1 saturated heterocycles. The van der Waals surface area contributed by atoms with E-state index in [9.17, 15) is 19.5 Å². The van der Waals surface area contributed by atoms with E-state index < -0.39 is 35.7 Å². The Morgan fingerprint density at radius 1 is 0.943 bits per heavy atom. The Bertz CT molecular complexity index is 1080. The third-order valence-corrected chi connectivity index (χ3v) is 6.32. The minimum atomic E-state index is -1.06. The Kier molecular flexibility index (Phi) is 7.12. The Balaban J connectivity index is 1.56. The number of carboxylic acids is 1. The van der Waals surface area contributed by atoms with Crippen molar-refractivity contribution in [2.24, 2.45) is 0 Å². The van der Waals surface area contributed by atoms with Gasteiger partial charge in [0.25, 0.3) is 0 Å². The van der Waals surface area contributed by atoms with Crippen LogP contribution in [-0.4, -0.2) is 63.2 Å². The average Bonchev–Trinajstić information content (AvgIpc) is 3.25. The molecule has 0 unspecified atom stereocenters. The van der Waals surface area contributed by atoms with Gasteiger partial charge in [0.15, 0.2) is 0 Å². The van der Waals surface area contributed by atoms with Crippen LogP contribution in [0, 0.1) is 0 Å². The van der Waals surface area contributed by atoms with Gasteiger partial charge in [-0.1, -0.05) is 54.6 Å². The summed E-state index contributed by atoms with van der Waals surface area (Å²) >= 11 is 0. The first-order valence-electron chi connectivity index (χ1n) is 11.9. The van der Waals surface area contributed by atoms with Crippen LogP contribution in [-0.2, 0) is 38.6 Å². The van der Waals surface area contributed by atoms with Crippen molar-refractivity contribution in [2.45, 2.75) is 70.6 Å². The highest BCUT2D eigenvalue weighted by atomic mass is 16.6. The number of carboxylic acid groups (broad SMARTS) is 1. The van der Waals surface area contributed by atoms with Crippen molar-refractivity contribution in [1.82, 2.24) is 9.80 Å². The number of likely N-dealkylation sites (tertiary alicyclic amines) is 1. The molecule has 2 aromatic rings. The van der Waals surface area contributed by atoms with Crippen LogP contribution in [0.25, 0.3) is 0 Å². The number of hydrogen-bond donors (Lipinski definition) is 1. The van der Waals surface area contributed by atoms with Crippen molar-refractivity contribution in [3.63, 3.8) is 0 Å². The standard InChI is InChI=1S/C27H32N2O6/c1-27(2,3)35-26(33)29-16-21(34-17-18-9-5-4-6-10-18)14-22(29)24(30)28-15-20-12-8-7-11-19(20)13-23(28)25(31)32/h4-12,21-23H,13-17H2,1-3H3,(H,31,32)/t21-,22-,23-/m1/s1. The van der Waals surface area contributed by atoms with Crippen molar-refractivity contribution >= 4 is 18.0 Å². The number of nitrogens with zero attached hydrogens (tertiary/aromatic N) is 2. The van der Waals surface area contributed by atoms with E-state index in [0.717, 1.165) is 16.7 Å². The van der Waals surface area contributed by atoms with Crippen LogP contribution in [0.15, 0.2) is 54.6 Å². The van der Waals surface area contributed by atoms with E-state index in [1.54, 1.807) is 20.8 Å². The van der Waals surface area contributed by atoms with Crippen LogP contribution < -0.4 is 0 Å². The molecule has 35 heavy (non-hydrogen) atoms. The number of hydrogen-bond acceptors (Lipinski definition) is 5. The zero-order valence-electron chi connectivity index (χ0n) is 20.3. The smallest absolute Gasteiger partial charge is 0.411 e. The number of carbonyl (C=O) groups is 3. The molecule has 0 aliphatic carbocycles. The van der Waals surface area contributed by atoms with Crippen molar-refractivity contribution in [2.75, 3.05) is 6.54 Å². The predicted octanol–water partition coefficient (Wildman–Crippen LogP) is 3.62. The first kappa shape index (κ1) is 24.7. The molecule has 186 valence electrons. The quantitative estimate of drug-likeness (QED) is 0.702. The van der Waals surface area contributed by atoms with Gasteiger partial charge in [0, 0.05) is 19.4 Å². The second-order valence-corrected chi connectivity index (χ2v) is 10.1. The van der Waals surface area contributed by atoms with Gasteiger partial charge in [-0.25, -0.2) is 9.59 Å². The summed E-state index contributed by atoms with van der Waals surface area (Å²) in [7, 11) is 0. The van der Waals surface area contributed by atoms with E-state index in [1.165, 1.54) is 9.80 Å².